The molecule has 2 rings (SSSR count). The second-order valence-corrected chi connectivity index (χ2v) is 3.37. The molecule has 0 atom stereocenters. The Kier molecular flexibility index (Phi) is 2.64. The van der Waals surface area contributed by atoms with Gasteiger partial charge in [-0.05, 0) is 28.1 Å². The van der Waals surface area contributed by atoms with Crippen LogP contribution in [-0.4, -0.2) is 21.9 Å². The van der Waals surface area contributed by atoms with Crippen LogP contribution in [0.1, 0.15) is 5.82 Å². The summed E-state index contributed by atoms with van der Waals surface area (Å²) in [6, 6.07) is 3.46. The molecule has 0 bridgehead atoms. The van der Waals surface area contributed by atoms with Gasteiger partial charge >= 0.3 is 0 Å². The van der Waals surface area contributed by atoms with Gasteiger partial charge in [-0.15, -0.1) is 0 Å². The lowest BCUT2D eigenvalue weighted by molar-refractivity contribution is 0.293. The van der Waals surface area contributed by atoms with Crippen LogP contribution in [-0.2, 0) is 6.42 Å². The quantitative estimate of drug-likeness (QED) is 0.906. The van der Waals surface area contributed by atoms with E-state index >= 15 is 0 Å². The van der Waals surface area contributed by atoms with E-state index in [-0.39, 0.29) is 6.61 Å². The smallest absolute Gasteiger partial charge is 0.293 e. The lowest BCUT2D eigenvalue weighted by Crippen LogP contribution is -1.92. The molecule has 74 valence electrons. The minimum atomic E-state index is 0.000816. The number of aliphatic hydroxyl groups excluding tert-OH is 1. The molecule has 0 unspecified atom stereocenters. The van der Waals surface area contributed by atoms with E-state index in [2.05, 4.69) is 26.1 Å². The molecule has 2 aromatic heterocycles. The third-order valence-corrected chi connectivity index (χ3v) is 2.01. The summed E-state index contributed by atoms with van der Waals surface area (Å²) in [6.07, 6.45) is 0.380. The molecule has 0 spiro atoms. The van der Waals surface area contributed by atoms with E-state index in [1.165, 1.54) is 0 Å². The Morgan fingerprint density at radius 2 is 2.29 bits per heavy atom. The van der Waals surface area contributed by atoms with Crippen LogP contribution in [0.3, 0.4) is 0 Å². The Hall–Kier alpha value is -1.14. The van der Waals surface area contributed by atoms with Gasteiger partial charge in [0, 0.05) is 6.42 Å². The van der Waals surface area contributed by atoms with E-state index in [9.17, 15) is 0 Å². The first-order chi connectivity index (χ1) is 6.79. The van der Waals surface area contributed by atoms with Crippen LogP contribution < -0.4 is 0 Å². The van der Waals surface area contributed by atoms with Gasteiger partial charge in [-0.2, -0.15) is 4.98 Å². The molecule has 5 nitrogen and oxygen atoms in total. The largest absolute Gasteiger partial charge is 0.444 e. The average molecular weight is 259 g/mol. The van der Waals surface area contributed by atoms with E-state index in [1.54, 1.807) is 12.1 Å². The first-order valence-electron chi connectivity index (χ1n) is 3.99. The summed E-state index contributed by atoms with van der Waals surface area (Å²) in [5.41, 5.74) is 0. The van der Waals surface area contributed by atoms with Crippen molar-refractivity contribution in [2.75, 3.05) is 6.61 Å². The Morgan fingerprint density at radius 3 is 2.93 bits per heavy atom. The van der Waals surface area contributed by atoms with Crippen molar-refractivity contribution in [2.45, 2.75) is 6.42 Å². The number of hydrogen-bond acceptors (Lipinski definition) is 5. The molecule has 0 saturated heterocycles. The molecular formula is C8H7BrN2O3. The standard InChI is InChI=1S/C8H7BrN2O3/c9-6-2-1-5(13-6)8-10-7(3-4-12)11-14-8/h1-2,12H,3-4H2. The van der Waals surface area contributed by atoms with E-state index in [1.807, 2.05) is 0 Å². The molecule has 6 heteroatoms. The SMILES string of the molecule is OCCc1noc(-c2ccc(Br)o2)n1. The Labute approximate surface area is 87.9 Å². The number of halogens is 1. The third kappa shape index (κ3) is 1.85. The topological polar surface area (TPSA) is 72.3 Å². The maximum atomic E-state index is 8.65. The van der Waals surface area contributed by atoms with Gasteiger partial charge in [0.25, 0.3) is 5.89 Å². The number of nitrogens with zero attached hydrogens (tertiary/aromatic N) is 2. The Morgan fingerprint density at radius 1 is 1.43 bits per heavy atom. The van der Waals surface area contributed by atoms with Crippen molar-refractivity contribution < 1.29 is 14.0 Å². The Balaban J connectivity index is 2.24. The zero-order chi connectivity index (χ0) is 9.97. The molecule has 1 N–H and O–H groups in total. The lowest BCUT2D eigenvalue weighted by atomic mass is 10.4. The maximum Gasteiger partial charge on any atom is 0.293 e. The molecule has 0 aromatic carbocycles. The van der Waals surface area contributed by atoms with Crippen LogP contribution >= 0.6 is 15.9 Å². The summed E-state index contributed by atoms with van der Waals surface area (Å²) in [6.45, 7) is 0.000816. The summed E-state index contributed by atoms with van der Waals surface area (Å²) in [7, 11) is 0. The number of rotatable bonds is 3. The molecule has 0 aliphatic heterocycles. The fraction of sp³-hybridized carbons (Fsp3) is 0.250. The normalized spacial score (nSPS) is 10.7. The summed E-state index contributed by atoms with van der Waals surface area (Å²) in [5, 5.41) is 12.3. The molecule has 0 aliphatic rings. The van der Waals surface area contributed by atoms with Gasteiger partial charge in [0.15, 0.2) is 16.3 Å². The first kappa shape index (κ1) is 9.42. The Bertz CT molecular complexity index is 424. The molecule has 0 saturated carbocycles. The van der Waals surface area contributed by atoms with Gasteiger partial charge in [0.1, 0.15) is 0 Å². The molecule has 0 radical (unpaired) electrons. The fourth-order valence-corrected chi connectivity index (χ4v) is 1.29. The molecule has 2 heterocycles. The second-order valence-electron chi connectivity index (χ2n) is 2.59. The molecule has 2 aromatic rings. The van der Waals surface area contributed by atoms with E-state index in [4.69, 9.17) is 14.0 Å². The van der Waals surface area contributed by atoms with Crippen molar-refractivity contribution >= 4 is 15.9 Å². The van der Waals surface area contributed by atoms with E-state index in [0.717, 1.165) is 0 Å². The first-order valence-corrected chi connectivity index (χ1v) is 4.78. The summed E-state index contributed by atoms with van der Waals surface area (Å²) in [4.78, 5) is 4.03. The van der Waals surface area contributed by atoms with Crippen molar-refractivity contribution in [1.29, 1.82) is 0 Å². The van der Waals surface area contributed by atoms with Crippen LogP contribution in [0, 0.1) is 0 Å². The van der Waals surface area contributed by atoms with Crippen molar-refractivity contribution in [3.8, 4) is 11.7 Å². The highest BCUT2D eigenvalue weighted by Gasteiger charge is 2.11. The number of hydrogen-bond donors (Lipinski definition) is 1. The third-order valence-electron chi connectivity index (χ3n) is 1.59. The minimum Gasteiger partial charge on any atom is -0.444 e. The van der Waals surface area contributed by atoms with Crippen LogP contribution in [0.15, 0.2) is 25.7 Å². The molecule has 0 aliphatic carbocycles. The summed E-state index contributed by atoms with van der Waals surface area (Å²) < 4.78 is 10.8. The summed E-state index contributed by atoms with van der Waals surface area (Å²) in [5.74, 6) is 1.29. The van der Waals surface area contributed by atoms with Crippen LogP contribution in [0.5, 0.6) is 0 Å². The zero-order valence-corrected chi connectivity index (χ0v) is 8.69. The predicted molar refractivity (Wildman–Crippen MR) is 50.5 cm³/mol. The maximum absolute atomic E-state index is 8.65. The van der Waals surface area contributed by atoms with E-state index < -0.39 is 0 Å². The number of furan rings is 1. The van der Waals surface area contributed by atoms with Crippen molar-refractivity contribution in [3.05, 3.63) is 22.6 Å². The monoisotopic (exact) mass is 258 g/mol. The highest BCUT2D eigenvalue weighted by Crippen LogP contribution is 2.23. The van der Waals surface area contributed by atoms with Crippen molar-refractivity contribution in [3.63, 3.8) is 0 Å². The van der Waals surface area contributed by atoms with Gasteiger partial charge in [-0.1, -0.05) is 5.16 Å². The van der Waals surface area contributed by atoms with Crippen LogP contribution in [0.2, 0.25) is 0 Å². The summed E-state index contributed by atoms with van der Waals surface area (Å²) >= 11 is 3.17. The van der Waals surface area contributed by atoms with Gasteiger partial charge in [0.05, 0.1) is 6.61 Å². The van der Waals surface area contributed by atoms with Gasteiger partial charge in [-0.25, -0.2) is 0 Å². The van der Waals surface area contributed by atoms with Gasteiger partial charge in [0.2, 0.25) is 0 Å². The highest BCUT2D eigenvalue weighted by molar-refractivity contribution is 9.10. The van der Waals surface area contributed by atoms with E-state index in [0.29, 0.717) is 28.6 Å². The zero-order valence-electron chi connectivity index (χ0n) is 7.11. The number of aliphatic hydroxyl groups is 1. The highest BCUT2D eigenvalue weighted by atomic mass is 79.9. The van der Waals surface area contributed by atoms with Crippen molar-refractivity contribution in [1.82, 2.24) is 10.1 Å². The predicted octanol–water partition coefficient (Wildman–Crippen LogP) is 1.63. The average Bonchev–Trinajstić information content (AvgIpc) is 2.74. The molecular weight excluding hydrogens is 252 g/mol. The molecule has 0 fully saturated rings. The van der Waals surface area contributed by atoms with Crippen LogP contribution in [0.4, 0.5) is 0 Å². The second kappa shape index (κ2) is 3.93. The molecule has 14 heavy (non-hydrogen) atoms. The van der Waals surface area contributed by atoms with Crippen molar-refractivity contribution in [2.24, 2.45) is 0 Å². The number of aromatic nitrogens is 2. The van der Waals surface area contributed by atoms with Crippen LogP contribution in [0.25, 0.3) is 11.7 Å². The molecule has 0 amide bonds. The fourth-order valence-electron chi connectivity index (χ4n) is 0.985. The van der Waals surface area contributed by atoms with Gasteiger partial charge in [-0.3, -0.25) is 0 Å². The lowest BCUT2D eigenvalue weighted by Gasteiger charge is -1.84. The van der Waals surface area contributed by atoms with Gasteiger partial charge < -0.3 is 14.0 Å². The minimum absolute atomic E-state index is 0.000816.